The summed E-state index contributed by atoms with van der Waals surface area (Å²) in [6.07, 6.45) is -5.36. The second-order valence-electron chi connectivity index (χ2n) is 9.92. The average molecular weight is 833 g/mol. The van der Waals surface area contributed by atoms with Crippen molar-refractivity contribution in [2.75, 3.05) is 11.9 Å². The summed E-state index contributed by atoms with van der Waals surface area (Å²) in [7, 11) is 1.90. The van der Waals surface area contributed by atoms with Gasteiger partial charge >= 0.3 is 12.4 Å². The predicted molar refractivity (Wildman–Crippen MR) is 152 cm³/mol. The summed E-state index contributed by atoms with van der Waals surface area (Å²) in [5, 5.41) is 6.50. The fraction of sp³-hybridized carbons (Fsp3) is 0.125. The van der Waals surface area contributed by atoms with Gasteiger partial charge in [0.1, 0.15) is 5.69 Å². The molecule has 0 unspecified atom stereocenters. The van der Waals surface area contributed by atoms with Gasteiger partial charge in [-0.1, -0.05) is 41.1 Å². The Bertz CT molecular complexity index is 1870. The smallest absolute Gasteiger partial charge is 0.431 e. The monoisotopic (exact) mass is 833 g/mol. The first-order valence-electron chi connectivity index (χ1n) is 13.2. The van der Waals surface area contributed by atoms with Gasteiger partial charge in [0.25, 0.3) is 0 Å². The largest absolute Gasteiger partial charge is 0.573 e. The van der Waals surface area contributed by atoms with Crippen LogP contribution < -0.4 is 10.00 Å². The molecule has 1 aliphatic heterocycles. The molecule has 0 amide bonds. The number of pyridine rings is 2. The Labute approximate surface area is 277 Å². The summed E-state index contributed by atoms with van der Waals surface area (Å²) in [5.74, 6) is -0.651. The second-order valence-corrected chi connectivity index (χ2v) is 9.92. The van der Waals surface area contributed by atoms with Crippen LogP contribution in [0.4, 0.5) is 40.9 Å². The standard InChI is InChI=1S/C16H7F6N3.C16H13F2N3.Ir/c17-15(18,19)10-6-4-9(5-7-10)11-2-1-3-12(23-11)13-8-14(25-24-13)16(20,21)22;1-11-7-15(13-4-3-12(17)9-14(13)18)19-16(8-11)21-6-5-20(2)10-21;/h1-4,6-8H;3,5-10H,1-2H3;/q2*-2;. The molecule has 1 radical (unpaired) electrons. The van der Waals surface area contributed by atoms with Crippen LogP contribution in [0.1, 0.15) is 16.8 Å². The molecule has 0 bridgehead atoms. The zero-order chi connectivity index (χ0) is 33.2. The van der Waals surface area contributed by atoms with Crippen LogP contribution >= 0.6 is 0 Å². The topological polar surface area (TPSA) is 59.3 Å². The summed E-state index contributed by atoms with van der Waals surface area (Å²) in [6.45, 7) is 3.76. The summed E-state index contributed by atoms with van der Waals surface area (Å²) in [5.41, 5.74) is 0.0863. The van der Waals surface area contributed by atoms with E-state index in [9.17, 15) is 35.1 Å². The number of halogens is 8. The molecule has 15 heteroatoms. The van der Waals surface area contributed by atoms with Crippen LogP contribution in [0.2, 0.25) is 0 Å². The van der Waals surface area contributed by atoms with E-state index in [1.165, 1.54) is 24.3 Å². The number of aromatic nitrogens is 4. The summed E-state index contributed by atoms with van der Waals surface area (Å²) < 4.78 is 102. The molecule has 0 N–H and O–H groups in total. The van der Waals surface area contributed by atoms with Crippen LogP contribution in [0.3, 0.4) is 0 Å². The molecule has 6 rings (SSSR count). The van der Waals surface area contributed by atoms with Crippen molar-refractivity contribution in [1.82, 2.24) is 25.1 Å². The Balaban J connectivity index is 0.000000211. The Morgan fingerprint density at radius 3 is 2.15 bits per heavy atom. The molecule has 0 atom stereocenters. The van der Waals surface area contributed by atoms with E-state index in [0.29, 0.717) is 11.5 Å². The van der Waals surface area contributed by atoms with Crippen LogP contribution in [0.5, 0.6) is 0 Å². The molecule has 0 saturated heterocycles. The van der Waals surface area contributed by atoms with E-state index < -0.39 is 35.2 Å². The Hall–Kier alpha value is -4.62. The minimum Gasteiger partial charge on any atom is -0.573 e. The van der Waals surface area contributed by atoms with Crippen LogP contribution in [-0.4, -0.2) is 27.0 Å². The number of hydrogen-bond acceptors (Lipinski definition) is 5. The molecule has 3 aromatic heterocycles. The van der Waals surface area contributed by atoms with Crippen LogP contribution in [0.15, 0.2) is 79.1 Å². The average Bonchev–Trinajstić information content (AvgIpc) is 3.67. The molecule has 0 aliphatic carbocycles. The van der Waals surface area contributed by atoms with E-state index in [0.717, 1.165) is 35.9 Å². The van der Waals surface area contributed by atoms with Crippen molar-refractivity contribution in [2.24, 2.45) is 0 Å². The fourth-order valence-electron chi connectivity index (χ4n) is 4.18. The minimum atomic E-state index is -4.62. The molecule has 0 fully saturated rings. The van der Waals surface area contributed by atoms with E-state index in [1.54, 1.807) is 6.07 Å². The summed E-state index contributed by atoms with van der Waals surface area (Å²) >= 11 is 0. The normalized spacial score (nSPS) is 12.9. The first-order chi connectivity index (χ1) is 21.7. The van der Waals surface area contributed by atoms with Gasteiger partial charge in [-0.2, -0.15) is 26.3 Å². The van der Waals surface area contributed by atoms with Gasteiger partial charge in [-0.15, -0.1) is 48.6 Å². The van der Waals surface area contributed by atoms with E-state index in [-0.39, 0.29) is 48.3 Å². The number of benzene rings is 2. The first-order valence-corrected chi connectivity index (χ1v) is 13.2. The second kappa shape index (κ2) is 14.0. The third-order valence-corrected chi connectivity index (χ3v) is 6.36. The molecule has 47 heavy (non-hydrogen) atoms. The zero-order valence-corrected chi connectivity index (χ0v) is 26.5. The zero-order valence-electron chi connectivity index (χ0n) is 24.1. The maximum Gasteiger partial charge on any atom is 0.431 e. The van der Waals surface area contributed by atoms with Gasteiger partial charge in [0, 0.05) is 37.4 Å². The van der Waals surface area contributed by atoms with Crippen molar-refractivity contribution in [3.63, 3.8) is 0 Å². The quantitative estimate of drug-likeness (QED) is 0.135. The van der Waals surface area contributed by atoms with E-state index in [4.69, 9.17) is 0 Å². The number of hydrogen-bond donors (Lipinski definition) is 0. The molecule has 1 aliphatic rings. The van der Waals surface area contributed by atoms with Crippen molar-refractivity contribution in [3.05, 3.63) is 126 Å². The van der Waals surface area contributed by atoms with E-state index in [1.807, 2.05) is 48.9 Å². The SMILES string of the molecule is Cc1cc(-c2[c-]cc(F)cc2F)nc(N2C=CN(C)[CH-]2)c1.FC(F)(F)c1c[c-]c(-c2cccc(-c3cc(C(F)(F)F)n[n-]3)n2)cc1.[Ir]. The predicted octanol–water partition coefficient (Wildman–Crippen LogP) is 8.08. The van der Waals surface area contributed by atoms with Gasteiger partial charge in [-0.3, -0.25) is 18.7 Å². The number of alkyl halides is 6. The maximum atomic E-state index is 13.9. The van der Waals surface area contributed by atoms with Gasteiger partial charge in [-0.25, -0.2) is 0 Å². The van der Waals surface area contributed by atoms with Crippen molar-refractivity contribution in [3.8, 4) is 33.9 Å². The van der Waals surface area contributed by atoms with Gasteiger partial charge in [0.15, 0.2) is 0 Å². The fourth-order valence-corrected chi connectivity index (χ4v) is 4.18. The maximum absolute atomic E-state index is 13.9. The van der Waals surface area contributed by atoms with Gasteiger partial charge in [0.05, 0.1) is 5.82 Å². The van der Waals surface area contributed by atoms with Crippen LogP contribution in [0, 0.1) is 37.4 Å². The molecule has 6 nitrogen and oxygen atoms in total. The number of anilines is 1. The van der Waals surface area contributed by atoms with Crippen molar-refractivity contribution in [2.45, 2.75) is 19.3 Å². The molecule has 0 saturated carbocycles. The van der Waals surface area contributed by atoms with E-state index in [2.05, 4.69) is 32.3 Å². The molecular weight excluding hydrogens is 813 g/mol. The Morgan fingerprint density at radius 2 is 1.55 bits per heavy atom. The molecular formula is C32H20F8IrN6-4. The van der Waals surface area contributed by atoms with Crippen LogP contribution in [-0.2, 0) is 32.5 Å². The molecule has 247 valence electrons. The summed E-state index contributed by atoms with van der Waals surface area (Å²) in [6, 6.07) is 18.7. The first kappa shape index (κ1) is 35.2. The molecule has 0 spiro atoms. The van der Waals surface area contributed by atoms with E-state index >= 15 is 0 Å². The number of aryl methyl sites for hydroxylation is 1. The Morgan fingerprint density at radius 1 is 0.809 bits per heavy atom. The minimum absolute atomic E-state index is 0. The molecule has 5 aromatic rings. The van der Waals surface area contributed by atoms with Gasteiger partial charge in [0.2, 0.25) is 0 Å². The van der Waals surface area contributed by atoms with Crippen molar-refractivity contribution < 1.29 is 55.2 Å². The number of nitrogens with zero attached hydrogens (tertiary/aromatic N) is 6. The summed E-state index contributed by atoms with van der Waals surface area (Å²) in [4.78, 5) is 12.3. The van der Waals surface area contributed by atoms with Gasteiger partial charge in [-0.05, 0) is 61.5 Å². The molecule has 4 heterocycles. The van der Waals surface area contributed by atoms with Crippen molar-refractivity contribution in [1.29, 1.82) is 0 Å². The Kier molecular flexibility index (Phi) is 10.5. The third kappa shape index (κ3) is 8.60. The number of rotatable bonds is 4. The third-order valence-electron chi connectivity index (χ3n) is 6.36. The van der Waals surface area contributed by atoms with Gasteiger partial charge < -0.3 is 20.0 Å². The van der Waals surface area contributed by atoms with Crippen LogP contribution in [0.25, 0.3) is 33.9 Å². The van der Waals surface area contributed by atoms with Crippen molar-refractivity contribution >= 4 is 5.82 Å². The molecule has 2 aromatic carbocycles.